The third-order valence-corrected chi connectivity index (χ3v) is 2.76. The molecular weight excluding hydrogens is 315 g/mol. The largest absolute Gasteiger partial charge is 0.496 e. The van der Waals surface area contributed by atoms with Crippen LogP contribution in [-0.4, -0.2) is 35.8 Å². The Kier molecular flexibility index (Phi) is 7.16. The maximum Gasteiger partial charge on any atom is 0.223 e. The minimum absolute atomic E-state index is 0.0423. The normalized spacial score (nSPS) is 10.4. The number of anilines is 1. The summed E-state index contributed by atoms with van der Waals surface area (Å²) in [6.45, 7) is 5.30. The average molecular weight is 338 g/mol. The van der Waals surface area contributed by atoms with E-state index in [4.69, 9.17) is 19.9 Å². The monoisotopic (exact) mass is 338 g/mol. The van der Waals surface area contributed by atoms with E-state index < -0.39 is 5.67 Å². The third-order valence-electron chi connectivity index (χ3n) is 2.76. The summed E-state index contributed by atoms with van der Waals surface area (Å²) in [5, 5.41) is 0. The second kappa shape index (κ2) is 8.85. The Balaban J connectivity index is 0.000000243. The van der Waals surface area contributed by atoms with Gasteiger partial charge < -0.3 is 19.9 Å². The maximum atomic E-state index is 13.1. The Morgan fingerprint density at radius 1 is 1.04 bits per heavy atom. The first-order valence-electron chi connectivity index (χ1n) is 7.30. The molecule has 2 rings (SSSR count). The minimum Gasteiger partial charge on any atom is -0.496 e. The van der Waals surface area contributed by atoms with Gasteiger partial charge in [-0.15, -0.1) is 0 Å². The van der Waals surface area contributed by atoms with E-state index in [1.807, 2.05) is 25.1 Å². The molecule has 0 radical (unpaired) electrons. The highest BCUT2D eigenvalue weighted by molar-refractivity contribution is 5.41. The summed E-state index contributed by atoms with van der Waals surface area (Å²) < 4.78 is 28.6. The molecule has 0 unspecified atom stereocenters. The van der Waals surface area contributed by atoms with E-state index in [1.54, 1.807) is 14.2 Å². The zero-order valence-electron chi connectivity index (χ0n) is 14.5. The number of nitrogen functional groups attached to an aromatic ring is 1. The second-order valence-corrected chi connectivity index (χ2v) is 5.12. The van der Waals surface area contributed by atoms with Gasteiger partial charge in [0.05, 0.1) is 20.8 Å². The number of nitrogens with two attached hydrogens (primary N) is 1. The molecule has 0 fully saturated rings. The first-order chi connectivity index (χ1) is 11.3. The van der Waals surface area contributed by atoms with Gasteiger partial charge in [0, 0.05) is 18.2 Å². The van der Waals surface area contributed by atoms with Crippen molar-refractivity contribution in [2.24, 2.45) is 0 Å². The van der Waals surface area contributed by atoms with Crippen molar-refractivity contribution in [3.05, 3.63) is 30.4 Å². The molecule has 1 aromatic heterocycles. The molecule has 8 heteroatoms. The van der Waals surface area contributed by atoms with Gasteiger partial charge in [-0.3, -0.25) is 0 Å². The number of benzene rings is 1. The molecule has 1 heterocycles. The summed E-state index contributed by atoms with van der Waals surface area (Å²) in [5.41, 5.74) is 3.67. The predicted octanol–water partition coefficient (Wildman–Crippen LogP) is 2.76. The van der Waals surface area contributed by atoms with Crippen LogP contribution in [0.25, 0.3) is 0 Å². The molecule has 0 aliphatic heterocycles. The van der Waals surface area contributed by atoms with Crippen molar-refractivity contribution in [1.82, 2.24) is 15.0 Å². The molecule has 24 heavy (non-hydrogen) atoms. The van der Waals surface area contributed by atoms with E-state index in [0.29, 0.717) is 6.61 Å². The van der Waals surface area contributed by atoms with Gasteiger partial charge in [-0.25, -0.2) is 14.4 Å². The topological polar surface area (TPSA) is 92.4 Å². The van der Waals surface area contributed by atoms with Crippen molar-refractivity contribution in [3.8, 4) is 17.2 Å². The zero-order chi connectivity index (χ0) is 18.2. The van der Waals surface area contributed by atoms with Gasteiger partial charge in [-0.1, -0.05) is 0 Å². The van der Waals surface area contributed by atoms with Gasteiger partial charge in [0.25, 0.3) is 0 Å². The minimum atomic E-state index is -1.56. The zero-order valence-corrected chi connectivity index (χ0v) is 14.5. The van der Waals surface area contributed by atoms with Crippen molar-refractivity contribution >= 4 is 5.95 Å². The standard InChI is InChI=1S/C10H14O3.C6H9FN4/c1-4-13-10-6-8(11-2)5-9(7-10)12-3;1-6(2,7)4-9-3-10-5(8)11-4/h5-7H,4H2,1-3H3;3H,1-2H3,(H2,8,9,10,11). The number of methoxy groups -OCH3 is 2. The van der Waals surface area contributed by atoms with Crippen LogP contribution in [0.2, 0.25) is 0 Å². The van der Waals surface area contributed by atoms with E-state index in [0.717, 1.165) is 17.2 Å². The van der Waals surface area contributed by atoms with E-state index >= 15 is 0 Å². The van der Waals surface area contributed by atoms with Crippen LogP contribution in [0.3, 0.4) is 0 Å². The fourth-order valence-corrected chi connectivity index (χ4v) is 1.63. The number of nitrogens with zero attached hydrogens (tertiary/aromatic N) is 3. The number of rotatable bonds is 5. The molecule has 132 valence electrons. The predicted molar refractivity (Wildman–Crippen MR) is 89.1 cm³/mol. The van der Waals surface area contributed by atoms with Crippen molar-refractivity contribution in [2.45, 2.75) is 26.4 Å². The van der Waals surface area contributed by atoms with Crippen molar-refractivity contribution < 1.29 is 18.6 Å². The SMILES string of the molecule is CC(C)(F)c1ncnc(N)n1.CCOc1cc(OC)cc(OC)c1. The lowest BCUT2D eigenvalue weighted by atomic mass is 10.1. The van der Waals surface area contributed by atoms with Crippen LogP contribution in [0.15, 0.2) is 24.5 Å². The molecule has 7 nitrogen and oxygen atoms in total. The Morgan fingerprint density at radius 2 is 1.58 bits per heavy atom. The summed E-state index contributed by atoms with van der Waals surface area (Å²) in [5.74, 6) is 2.34. The van der Waals surface area contributed by atoms with Crippen LogP contribution in [0, 0.1) is 0 Å². The summed E-state index contributed by atoms with van der Waals surface area (Å²) in [6.07, 6.45) is 1.19. The molecule has 0 aliphatic rings. The molecule has 0 aliphatic carbocycles. The van der Waals surface area contributed by atoms with Gasteiger partial charge in [0.2, 0.25) is 5.95 Å². The molecule has 2 aromatic rings. The van der Waals surface area contributed by atoms with E-state index in [9.17, 15) is 4.39 Å². The van der Waals surface area contributed by atoms with E-state index in [1.165, 1.54) is 20.2 Å². The molecule has 2 N–H and O–H groups in total. The highest BCUT2D eigenvalue weighted by atomic mass is 19.1. The molecule has 0 spiro atoms. The van der Waals surface area contributed by atoms with Crippen molar-refractivity contribution in [1.29, 1.82) is 0 Å². The lowest BCUT2D eigenvalue weighted by Crippen LogP contribution is -2.15. The fourth-order valence-electron chi connectivity index (χ4n) is 1.63. The van der Waals surface area contributed by atoms with Crippen molar-refractivity contribution in [2.75, 3.05) is 26.6 Å². The molecule has 0 atom stereocenters. The Bertz CT molecular complexity index is 625. The molecule has 0 bridgehead atoms. The number of hydrogen-bond donors (Lipinski definition) is 1. The summed E-state index contributed by atoms with van der Waals surface area (Å²) in [4.78, 5) is 10.8. The average Bonchev–Trinajstić information content (AvgIpc) is 2.54. The van der Waals surface area contributed by atoms with Gasteiger partial charge in [0.15, 0.2) is 11.5 Å². The Morgan fingerprint density at radius 3 is 1.96 bits per heavy atom. The van der Waals surface area contributed by atoms with E-state index in [2.05, 4.69) is 15.0 Å². The fraction of sp³-hybridized carbons (Fsp3) is 0.438. The Hall–Kier alpha value is -2.64. The smallest absolute Gasteiger partial charge is 0.223 e. The van der Waals surface area contributed by atoms with Crippen LogP contribution in [-0.2, 0) is 5.67 Å². The van der Waals surface area contributed by atoms with E-state index in [-0.39, 0.29) is 11.8 Å². The Labute approximate surface area is 141 Å². The van der Waals surface area contributed by atoms with Crippen LogP contribution in [0.4, 0.5) is 10.3 Å². The lowest BCUT2D eigenvalue weighted by molar-refractivity contribution is 0.206. The molecule has 0 saturated heterocycles. The molecule has 0 amide bonds. The quantitative estimate of drug-likeness (QED) is 0.896. The number of ether oxygens (including phenoxy) is 3. The van der Waals surface area contributed by atoms with Crippen LogP contribution < -0.4 is 19.9 Å². The molecule has 0 saturated carbocycles. The van der Waals surface area contributed by atoms with Gasteiger partial charge in [0.1, 0.15) is 23.6 Å². The van der Waals surface area contributed by atoms with Crippen LogP contribution in [0.1, 0.15) is 26.6 Å². The first kappa shape index (κ1) is 19.4. The maximum absolute atomic E-state index is 13.1. The number of halogens is 1. The third kappa shape index (κ3) is 6.23. The summed E-state index contributed by atoms with van der Waals surface area (Å²) >= 11 is 0. The highest BCUT2D eigenvalue weighted by Crippen LogP contribution is 2.27. The molecule has 1 aromatic carbocycles. The molecular formula is C16H23FN4O3. The summed E-state index contributed by atoms with van der Waals surface area (Å²) in [7, 11) is 3.23. The van der Waals surface area contributed by atoms with Crippen LogP contribution >= 0.6 is 0 Å². The first-order valence-corrected chi connectivity index (χ1v) is 7.30. The number of hydrogen-bond acceptors (Lipinski definition) is 7. The summed E-state index contributed by atoms with van der Waals surface area (Å²) in [6, 6.07) is 5.46. The van der Waals surface area contributed by atoms with Crippen LogP contribution in [0.5, 0.6) is 17.2 Å². The lowest BCUT2D eigenvalue weighted by Gasteiger charge is -2.10. The van der Waals surface area contributed by atoms with Crippen molar-refractivity contribution in [3.63, 3.8) is 0 Å². The number of aromatic nitrogens is 3. The second-order valence-electron chi connectivity index (χ2n) is 5.12. The van der Waals surface area contributed by atoms with Gasteiger partial charge in [-0.05, 0) is 20.8 Å². The highest BCUT2D eigenvalue weighted by Gasteiger charge is 2.22. The van der Waals surface area contributed by atoms with Gasteiger partial charge in [-0.2, -0.15) is 4.98 Å². The van der Waals surface area contributed by atoms with Gasteiger partial charge >= 0.3 is 0 Å². The number of alkyl halides is 1.